The van der Waals surface area contributed by atoms with Crippen molar-refractivity contribution in [2.75, 3.05) is 11.4 Å². The molecule has 1 aromatic heterocycles. The molecule has 0 atom stereocenters. The smallest absolute Gasteiger partial charge is 0.356 e. The zero-order valence-corrected chi connectivity index (χ0v) is 11.2. The van der Waals surface area contributed by atoms with Gasteiger partial charge in [0.15, 0.2) is 11.5 Å². The Hall–Kier alpha value is -2.43. The molecule has 1 aliphatic heterocycles. The van der Waals surface area contributed by atoms with E-state index in [4.69, 9.17) is 5.11 Å². The number of aryl methyl sites for hydroxylation is 2. The predicted octanol–water partition coefficient (Wildman–Crippen LogP) is 2.57. The third kappa shape index (κ3) is 2.22. The third-order valence-corrected chi connectivity index (χ3v) is 3.50. The van der Waals surface area contributed by atoms with Crippen molar-refractivity contribution in [2.45, 2.75) is 19.8 Å². The van der Waals surface area contributed by atoms with Crippen LogP contribution in [0.15, 0.2) is 30.3 Å². The molecular formula is C15H15N3O2. The van der Waals surface area contributed by atoms with Crippen LogP contribution in [0.25, 0.3) is 0 Å². The first-order chi connectivity index (χ1) is 9.65. The Morgan fingerprint density at radius 1 is 1.25 bits per heavy atom. The van der Waals surface area contributed by atoms with E-state index >= 15 is 0 Å². The Bertz CT molecular complexity index is 653. The average molecular weight is 269 g/mol. The average Bonchev–Trinajstić information content (AvgIpc) is 2.46. The molecule has 0 aliphatic carbocycles. The van der Waals surface area contributed by atoms with Crippen LogP contribution in [-0.4, -0.2) is 27.8 Å². The van der Waals surface area contributed by atoms with Gasteiger partial charge in [0.25, 0.3) is 0 Å². The van der Waals surface area contributed by atoms with E-state index in [0.717, 1.165) is 25.1 Å². The topological polar surface area (TPSA) is 66.3 Å². The Morgan fingerprint density at radius 2 is 2.10 bits per heavy atom. The lowest BCUT2D eigenvalue weighted by molar-refractivity contribution is 0.0689. The molecule has 0 spiro atoms. The van der Waals surface area contributed by atoms with Gasteiger partial charge in [0.2, 0.25) is 0 Å². The third-order valence-electron chi connectivity index (χ3n) is 3.50. The largest absolute Gasteiger partial charge is 0.476 e. The Morgan fingerprint density at radius 3 is 2.80 bits per heavy atom. The normalized spacial score (nSPS) is 13.9. The molecule has 0 saturated carbocycles. The summed E-state index contributed by atoms with van der Waals surface area (Å²) in [6.07, 6.45) is 2.12. The lowest BCUT2D eigenvalue weighted by Crippen LogP contribution is -2.25. The van der Waals surface area contributed by atoms with Crippen LogP contribution in [0.3, 0.4) is 0 Å². The summed E-state index contributed by atoms with van der Waals surface area (Å²) in [7, 11) is 0. The maximum absolute atomic E-state index is 10.8. The van der Waals surface area contributed by atoms with Gasteiger partial charge in [-0.05, 0) is 43.5 Å². The van der Waals surface area contributed by atoms with Crippen molar-refractivity contribution < 1.29 is 9.90 Å². The van der Waals surface area contributed by atoms with Crippen molar-refractivity contribution in [1.29, 1.82) is 0 Å². The fourth-order valence-corrected chi connectivity index (χ4v) is 2.55. The Labute approximate surface area is 116 Å². The van der Waals surface area contributed by atoms with Crippen LogP contribution >= 0.6 is 0 Å². The van der Waals surface area contributed by atoms with Crippen molar-refractivity contribution in [2.24, 2.45) is 0 Å². The van der Waals surface area contributed by atoms with Crippen LogP contribution in [0.4, 0.5) is 11.5 Å². The number of benzene rings is 1. The van der Waals surface area contributed by atoms with Gasteiger partial charge < -0.3 is 10.0 Å². The number of aromatic carboxylic acids is 1. The number of carboxylic acid groups (broad SMARTS) is 1. The molecule has 1 aromatic carbocycles. The summed E-state index contributed by atoms with van der Waals surface area (Å²) in [6, 6.07) is 9.58. The van der Waals surface area contributed by atoms with Gasteiger partial charge in [0.1, 0.15) is 0 Å². The number of hydrogen-bond acceptors (Lipinski definition) is 4. The molecule has 2 heterocycles. The monoisotopic (exact) mass is 269 g/mol. The van der Waals surface area contributed by atoms with Gasteiger partial charge in [-0.1, -0.05) is 17.7 Å². The molecular weight excluding hydrogens is 254 g/mol. The van der Waals surface area contributed by atoms with Gasteiger partial charge in [-0.2, -0.15) is 0 Å². The van der Waals surface area contributed by atoms with Gasteiger partial charge in [0.05, 0.1) is 0 Å². The second-order valence-electron chi connectivity index (χ2n) is 4.97. The maximum Gasteiger partial charge on any atom is 0.356 e. The molecule has 0 radical (unpaired) electrons. The van der Waals surface area contributed by atoms with Gasteiger partial charge in [-0.15, -0.1) is 10.2 Å². The highest BCUT2D eigenvalue weighted by Crippen LogP contribution is 2.32. The summed E-state index contributed by atoms with van der Waals surface area (Å²) in [5.41, 5.74) is 3.66. The number of carboxylic acids is 1. The van der Waals surface area contributed by atoms with Crippen LogP contribution in [0.1, 0.15) is 28.0 Å². The van der Waals surface area contributed by atoms with Gasteiger partial charge in [-0.3, -0.25) is 0 Å². The lowest BCUT2D eigenvalue weighted by atomic mass is 9.99. The van der Waals surface area contributed by atoms with E-state index in [1.54, 1.807) is 6.07 Å². The SMILES string of the molecule is Cc1ccc2c(c1)CCCN2c1ccc(C(=O)O)nn1. The first-order valence-corrected chi connectivity index (χ1v) is 6.59. The highest BCUT2D eigenvalue weighted by Gasteiger charge is 2.19. The lowest BCUT2D eigenvalue weighted by Gasteiger charge is -2.30. The summed E-state index contributed by atoms with van der Waals surface area (Å²) in [4.78, 5) is 12.9. The van der Waals surface area contributed by atoms with E-state index in [1.807, 2.05) is 0 Å². The summed E-state index contributed by atoms with van der Waals surface area (Å²) in [5.74, 6) is -0.362. The predicted molar refractivity (Wildman–Crippen MR) is 75.5 cm³/mol. The van der Waals surface area contributed by atoms with Crippen molar-refractivity contribution in [3.05, 3.63) is 47.2 Å². The summed E-state index contributed by atoms with van der Waals surface area (Å²) < 4.78 is 0. The van der Waals surface area contributed by atoms with Crippen LogP contribution in [0.5, 0.6) is 0 Å². The number of hydrogen-bond donors (Lipinski definition) is 1. The summed E-state index contributed by atoms with van der Waals surface area (Å²) in [6.45, 7) is 2.96. The van der Waals surface area contributed by atoms with Crippen LogP contribution in [0, 0.1) is 6.92 Å². The number of anilines is 2. The minimum absolute atomic E-state index is 0.0325. The van der Waals surface area contributed by atoms with E-state index in [-0.39, 0.29) is 5.69 Å². The Balaban J connectivity index is 1.98. The van der Waals surface area contributed by atoms with Crippen molar-refractivity contribution >= 4 is 17.5 Å². The second-order valence-corrected chi connectivity index (χ2v) is 4.97. The Kier molecular flexibility index (Phi) is 3.10. The van der Waals surface area contributed by atoms with Crippen LogP contribution < -0.4 is 4.90 Å². The molecule has 0 fully saturated rings. The molecule has 102 valence electrons. The van der Waals surface area contributed by atoms with Crippen LogP contribution in [0.2, 0.25) is 0 Å². The molecule has 2 aromatic rings. The molecule has 0 unspecified atom stereocenters. The van der Waals surface area contributed by atoms with Gasteiger partial charge >= 0.3 is 5.97 Å². The van der Waals surface area contributed by atoms with Crippen molar-refractivity contribution in [3.8, 4) is 0 Å². The first-order valence-electron chi connectivity index (χ1n) is 6.59. The summed E-state index contributed by atoms with van der Waals surface area (Å²) in [5, 5.41) is 16.7. The maximum atomic E-state index is 10.8. The highest BCUT2D eigenvalue weighted by molar-refractivity contribution is 5.85. The van der Waals surface area contributed by atoms with E-state index in [1.165, 1.54) is 17.2 Å². The molecule has 3 rings (SSSR count). The number of fused-ring (bicyclic) bond motifs is 1. The number of aromatic nitrogens is 2. The fourth-order valence-electron chi connectivity index (χ4n) is 2.55. The molecule has 5 nitrogen and oxygen atoms in total. The first kappa shape index (κ1) is 12.6. The standard InChI is InChI=1S/C15H15N3O2/c1-10-4-6-13-11(9-10)3-2-8-18(13)14-7-5-12(15(19)20)16-17-14/h4-7,9H,2-3,8H2,1H3,(H,19,20). The molecule has 20 heavy (non-hydrogen) atoms. The molecule has 0 bridgehead atoms. The molecule has 5 heteroatoms. The number of nitrogens with zero attached hydrogens (tertiary/aromatic N) is 3. The quantitative estimate of drug-likeness (QED) is 0.907. The van der Waals surface area contributed by atoms with Gasteiger partial charge in [0, 0.05) is 12.2 Å². The van der Waals surface area contributed by atoms with E-state index in [9.17, 15) is 4.79 Å². The molecule has 1 aliphatic rings. The van der Waals surface area contributed by atoms with E-state index < -0.39 is 5.97 Å². The fraction of sp³-hybridized carbons (Fsp3) is 0.267. The second kappa shape index (κ2) is 4.92. The molecule has 0 amide bonds. The van der Waals surface area contributed by atoms with Crippen molar-refractivity contribution in [1.82, 2.24) is 10.2 Å². The van der Waals surface area contributed by atoms with Gasteiger partial charge in [-0.25, -0.2) is 4.79 Å². The zero-order chi connectivity index (χ0) is 14.1. The highest BCUT2D eigenvalue weighted by atomic mass is 16.4. The van der Waals surface area contributed by atoms with E-state index in [2.05, 4.69) is 40.2 Å². The number of carbonyl (C=O) groups is 1. The van der Waals surface area contributed by atoms with Crippen molar-refractivity contribution in [3.63, 3.8) is 0 Å². The molecule has 0 saturated heterocycles. The molecule has 1 N–H and O–H groups in total. The number of rotatable bonds is 2. The van der Waals surface area contributed by atoms with E-state index in [0.29, 0.717) is 5.82 Å². The minimum atomic E-state index is -1.06. The minimum Gasteiger partial charge on any atom is -0.476 e. The van der Waals surface area contributed by atoms with Crippen LogP contribution in [-0.2, 0) is 6.42 Å². The zero-order valence-electron chi connectivity index (χ0n) is 11.2. The summed E-state index contributed by atoms with van der Waals surface area (Å²) >= 11 is 0.